The molecule has 0 heterocycles. The smallest absolute Gasteiger partial charge is 0.0700 e. The van der Waals surface area contributed by atoms with Crippen molar-refractivity contribution in [3.05, 3.63) is 0 Å². The molecule has 4 heteroatoms. The molecule has 0 aliphatic carbocycles. The summed E-state index contributed by atoms with van der Waals surface area (Å²) in [5.74, 6) is 0. The second-order valence-electron chi connectivity index (χ2n) is 2.63. The van der Waals surface area contributed by atoms with E-state index in [0.717, 1.165) is 6.54 Å². The van der Waals surface area contributed by atoms with Crippen molar-refractivity contribution in [2.24, 2.45) is 0 Å². The molecule has 0 unspecified atom stereocenters. The maximum atomic E-state index is 8.57. The number of likely N-dealkylation sites (N-methyl/N-ethyl adjacent to an activating group) is 1. The van der Waals surface area contributed by atoms with Crippen molar-refractivity contribution in [3.63, 3.8) is 0 Å². The number of hydrogen-bond donors (Lipinski definition) is 1. The summed E-state index contributed by atoms with van der Waals surface area (Å²) < 4.78 is 10.1. The molecule has 0 saturated heterocycles. The number of methoxy groups -OCH3 is 1. The van der Waals surface area contributed by atoms with Crippen LogP contribution in [0.1, 0.15) is 0 Å². The normalized spacial score (nSPS) is 11.0. The fraction of sp³-hybridized carbons (Fsp3) is 1.00. The van der Waals surface area contributed by atoms with Crippen LogP contribution in [-0.4, -0.2) is 63.7 Å². The molecule has 0 amide bonds. The Morgan fingerprint density at radius 3 is 2.50 bits per heavy atom. The molecule has 4 nitrogen and oxygen atoms in total. The predicted molar refractivity (Wildman–Crippen MR) is 47.3 cm³/mol. The summed E-state index contributed by atoms with van der Waals surface area (Å²) in [5, 5.41) is 8.57. The first-order valence-electron chi connectivity index (χ1n) is 4.17. The van der Waals surface area contributed by atoms with E-state index in [-0.39, 0.29) is 6.61 Å². The van der Waals surface area contributed by atoms with Crippen LogP contribution in [0, 0.1) is 0 Å². The third-order valence-electron chi connectivity index (χ3n) is 1.53. The van der Waals surface area contributed by atoms with Crippen molar-refractivity contribution in [3.8, 4) is 0 Å². The van der Waals surface area contributed by atoms with Crippen molar-refractivity contribution in [2.75, 3.05) is 53.7 Å². The Kier molecular flexibility index (Phi) is 8.81. The maximum absolute atomic E-state index is 8.57. The molecular weight excluding hydrogens is 158 g/mol. The topological polar surface area (TPSA) is 41.9 Å². The third kappa shape index (κ3) is 7.94. The zero-order valence-electron chi connectivity index (χ0n) is 7.95. The quantitative estimate of drug-likeness (QED) is 0.511. The number of aliphatic hydroxyl groups is 1. The highest BCUT2D eigenvalue weighted by Gasteiger charge is 1.95. The van der Waals surface area contributed by atoms with Gasteiger partial charge >= 0.3 is 0 Å². The Bertz CT molecular complexity index is 90.4. The second-order valence-corrected chi connectivity index (χ2v) is 2.63. The van der Waals surface area contributed by atoms with Crippen LogP contribution in [0.15, 0.2) is 0 Å². The highest BCUT2D eigenvalue weighted by Crippen LogP contribution is 1.82. The van der Waals surface area contributed by atoms with Crippen molar-refractivity contribution < 1.29 is 14.6 Å². The highest BCUT2D eigenvalue weighted by molar-refractivity contribution is 4.47. The Balaban J connectivity index is 2.97. The van der Waals surface area contributed by atoms with Gasteiger partial charge in [0, 0.05) is 20.2 Å². The van der Waals surface area contributed by atoms with E-state index in [4.69, 9.17) is 14.6 Å². The van der Waals surface area contributed by atoms with Crippen LogP contribution in [0.25, 0.3) is 0 Å². The number of rotatable bonds is 8. The minimum absolute atomic E-state index is 0.203. The van der Waals surface area contributed by atoms with Gasteiger partial charge in [-0.3, -0.25) is 0 Å². The first kappa shape index (κ1) is 11.8. The minimum Gasteiger partial charge on any atom is -0.395 e. The number of ether oxygens (including phenoxy) is 2. The molecular formula is C8H19NO3. The van der Waals surface area contributed by atoms with E-state index in [1.165, 1.54) is 0 Å². The lowest BCUT2D eigenvalue weighted by molar-refractivity contribution is 0.0585. The molecule has 0 aliphatic rings. The maximum Gasteiger partial charge on any atom is 0.0700 e. The van der Waals surface area contributed by atoms with Gasteiger partial charge in [-0.05, 0) is 7.05 Å². The van der Waals surface area contributed by atoms with Crippen LogP contribution in [-0.2, 0) is 9.47 Å². The molecule has 0 atom stereocenters. The molecule has 0 radical (unpaired) electrons. The van der Waals surface area contributed by atoms with E-state index in [0.29, 0.717) is 26.4 Å². The van der Waals surface area contributed by atoms with Gasteiger partial charge in [0.2, 0.25) is 0 Å². The molecule has 0 aromatic carbocycles. The molecule has 0 bridgehead atoms. The van der Waals surface area contributed by atoms with Gasteiger partial charge in [0.1, 0.15) is 0 Å². The standard InChI is InChI=1S/C8H19NO3/c1-9(3-5-10)4-6-12-8-7-11-2/h10H,3-8H2,1-2H3. The summed E-state index contributed by atoms with van der Waals surface area (Å²) in [6.45, 7) is 3.74. The second kappa shape index (κ2) is 8.93. The van der Waals surface area contributed by atoms with Crippen molar-refractivity contribution >= 4 is 0 Å². The van der Waals surface area contributed by atoms with E-state index < -0.39 is 0 Å². The van der Waals surface area contributed by atoms with Crippen LogP contribution in [0.3, 0.4) is 0 Å². The molecule has 0 aromatic rings. The summed E-state index contributed by atoms with van der Waals surface area (Å²) >= 11 is 0. The Morgan fingerprint density at radius 2 is 1.92 bits per heavy atom. The Morgan fingerprint density at radius 1 is 1.17 bits per heavy atom. The van der Waals surface area contributed by atoms with E-state index in [1.807, 2.05) is 11.9 Å². The van der Waals surface area contributed by atoms with Crippen LogP contribution in [0.2, 0.25) is 0 Å². The first-order chi connectivity index (χ1) is 5.81. The van der Waals surface area contributed by atoms with Gasteiger partial charge in [0.05, 0.1) is 26.4 Å². The van der Waals surface area contributed by atoms with E-state index in [2.05, 4.69) is 0 Å². The van der Waals surface area contributed by atoms with Gasteiger partial charge in [-0.15, -0.1) is 0 Å². The van der Waals surface area contributed by atoms with Gasteiger partial charge in [0.25, 0.3) is 0 Å². The molecule has 1 N–H and O–H groups in total. The zero-order valence-corrected chi connectivity index (χ0v) is 7.95. The van der Waals surface area contributed by atoms with Crippen molar-refractivity contribution in [1.82, 2.24) is 4.90 Å². The van der Waals surface area contributed by atoms with Gasteiger partial charge in [-0.1, -0.05) is 0 Å². The zero-order chi connectivity index (χ0) is 9.23. The molecule has 0 saturated carbocycles. The Hall–Kier alpha value is -0.160. The highest BCUT2D eigenvalue weighted by atomic mass is 16.5. The fourth-order valence-corrected chi connectivity index (χ4v) is 0.747. The van der Waals surface area contributed by atoms with Crippen LogP contribution >= 0.6 is 0 Å². The average molecular weight is 177 g/mol. The number of nitrogens with zero attached hydrogens (tertiary/aromatic N) is 1. The summed E-state index contributed by atoms with van der Waals surface area (Å²) in [6.07, 6.45) is 0. The molecule has 0 rings (SSSR count). The lowest BCUT2D eigenvalue weighted by atomic mass is 10.5. The lowest BCUT2D eigenvalue weighted by Crippen LogP contribution is -2.26. The van der Waals surface area contributed by atoms with Crippen LogP contribution in [0.4, 0.5) is 0 Å². The summed E-state index contributed by atoms with van der Waals surface area (Å²) in [5.41, 5.74) is 0. The largest absolute Gasteiger partial charge is 0.395 e. The van der Waals surface area contributed by atoms with Crippen LogP contribution < -0.4 is 0 Å². The molecule has 0 fully saturated rings. The van der Waals surface area contributed by atoms with E-state index in [9.17, 15) is 0 Å². The van der Waals surface area contributed by atoms with Gasteiger partial charge in [-0.2, -0.15) is 0 Å². The summed E-state index contributed by atoms with van der Waals surface area (Å²) in [4.78, 5) is 2.02. The number of aliphatic hydroxyl groups excluding tert-OH is 1. The van der Waals surface area contributed by atoms with Gasteiger partial charge in [-0.25, -0.2) is 0 Å². The average Bonchev–Trinajstić information content (AvgIpc) is 2.05. The minimum atomic E-state index is 0.203. The SMILES string of the molecule is COCCOCCN(C)CCO. The third-order valence-corrected chi connectivity index (χ3v) is 1.53. The molecule has 0 spiro atoms. The first-order valence-corrected chi connectivity index (χ1v) is 4.17. The van der Waals surface area contributed by atoms with Crippen molar-refractivity contribution in [2.45, 2.75) is 0 Å². The predicted octanol–water partition coefficient (Wildman–Crippen LogP) is -0.426. The monoisotopic (exact) mass is 177 g/mol. The summed E-state index contributed by atoms with van der Waals surface area (Å²) in [6, 6.07) is 0. The number of hydrogen-bond acceptors (Lipinski definition) is 4. The van der Waals surface area contributed by atoms with Gasteiger partial charge in [0.15, 0.2) is 0 Å². The fourth-order valence-electron chi connectivity index (χ4n) is 0.747. The molecule has 12 heavy (non-hydrogen) atoms. The summed E-state index contributed by atoms with van der Waals surface area (Å²) in [7, 11) is 3.61. The lowest BCUT2D eigenvalue weighted by Gasteiger charge is -2.14. The van der Waals surface area contributed by atoms with Crippen LogP contribution in [0.5, 0.6) is 0 Å². The van der Waals surface area contributed by atoms with Gasteiger partial charge < -0.3 is 19.5 Å². The molecule has 0 aliphatic heterocycles. The van der Waals surface area contributed by atoms with E-state index >= 15 is 0 Å². The Labute approximate surface area is 74.1 Å². The molecule has 74 valence electrons. The van der Waals surface area contributed by atoms with E-state index in [1.54, 1.807) is 7.11 Å². The molecule has 0 aromatic heterocycles. The van der Waals surface area contributed by atoms with Crippen molar-refractivity contribution in [1.29, 1.82) is 0 Å².